The fourth-order valence-corrected chi connectivity index (χ4v) is 1.14. The van der Waals surface area contributed by atoms with Gasteiger partial charge in [-0.1, -0.05) is 0 Å². The SMILES string of the molecule is CCn1cc(OCc2ncccn2)cn1. The molecule has 0 spiro atoms. The van der Waals surface area contributed by atoms with Gasteiger partial charge < -0.3 is 4.74 Å². The molecule has 0 unspecified atom stereocenters. The molecule has 2 rings (SSSR count). The van der Waals surface area contributed by atoms with Gasteiger partial charge in [-0.2, -0.15) is 5.10 Å². The van der Waals surface area contributed by atoms with Gasteiger partial charge in [0.05, 0.1) is 12.4 Å². The van der Waals surface area contributed by atoms with Crippen LogP contribution < -0.4 is 4.74 Å². The van der Waals surface area contributed by atoms with Crippen LogP contribution in [0.3, 0.4) is 0 Å². The fourth-order valence-electron chi connectivity index (χ4n) is 1.14. The van der Waals surface area contributed by atoms with Crippen LogP contribution in [0.5, 0.6) is 5.75 Å². The summed E-state index contributed by atoms with van der Waals surface area (Å²) in [5, 5.41) is 4.10. The molecule has 0 N–H and O–H groups in total. The summed E-state index contributed by atoms with van der Waals surface area (Å²) in [6.45, 7) is 3.23. The van der Waals surface area contributed by atoms with E-state index < -0.39 is 0 Å². The smallest absolute Gasteiger partial charge is 0.166 e. The Balaban J connectivity index is 1.93. The van der Waals surface area contributed by atoms with Gasteiger partial charge in [-0.3, -0.25) is 4.68 Å². The molecule has 15 heavy (non-hydrogen) atoms. The van der Waals surface area contributed by atoms with E-state index in [1.165, 1.54) is 0 Å². The average Bonchev–Trinajstić information content (AvgIpc) is 2.76. The van der Waals surface area contributed by atoms with Crippen LogP contribution in [-0.4, -0.2) is 19.7 Å². The molecule has 0 aliphatic carbocycles. The first kappa shape index (κ1) is 9.64. The van der Waals surface area contributed by atoms with Gasteiger partial charge in [0, 0.05) is 18.9 Å². The maximum absolute atomic E-state index is 5.47. The number of aromatic nitrogens is 4. The molecule has 0 fully saturated rings. The molecule has 0 aliphatic heterocycles. The average molecular weight is 204 g/mol. The molecule has 5 heteroatoms. The summed E-state index contributed by atoms with van der Waals surface area (Å²) in [6.07, 6.45) is 6.93. The Morgan fingerprint density at radius 2 is 2.13 bits per heavy atom. The number of nitrogens with zero attached hydrogens (tertiary/aromatic N) is 4. The molecule has 0 radical (unpaired) electrons. The minimum absolute atomic E-state index is 0.371. The zero-order chi connectivity index (χ0) is 10.5. The fraction of sp³-hybridized carbons (Fsp3) is 0.300. The Bertz CT molecular complexity index is 412. The van der Waals surface area contributed by atoms with Crippen molar-refractivity contribution in [2.24, 2.45) is 0 Å². The van der Waals surface area contributed by atoms with E-state index in [0.29, 0.717) is 12.4 Å². The quantitative estimate of drug-likeness (QED) is 0.752. The van der Waals surface area contributed by atoms with Crippen molar-refractivity contribution in [3.8, 4) is 5.75 Å². The molecule has 2 heterocycles. The highest BCUT2D eigenvalue weighted by Gasteiger charge is 1.99. The second-order valence-electron chi connectivity index (χ2n) is 2.99. The third-order valence-electron chi connectivity index (χ3n) is 1.92. The number of aryl methyl sites for hydroxylation is 1. The molecule has 78 valence electrons. The highest BCUT2D eigenvalue weighted by Crippen LogP contribution is 2.09. The van der Waals surface area contributed by atoms with Crippen molar-refractivity contribution in [3.63, 3.8) is 0 Å². The highest BCUT2D eigenvalue weighted by atomic mass is 16.5. The lowest BCUT2D eigenvalue weighted by atomic mass is 10.5. The lowest BCUT2D eigenvalue weighted by molar-refractivity contribution is 0.295. The molecule has 0 saturated carbocycles. The maximum Gasteiger partial charge on any atom is 0.166 e. The maximum atomic E-state index is 5.47. The van der Waals surface area contributed by atoms with Crippen molar-refractivity contribution in [3.05, 3.63) is 36.7 Å². The van der Waals surface area contributed by atoms with E-state index in [1.807, 2.05) is 13.1 Å². The van der Waals surface area contributed by atoms with Crippen LogP contribution in [0.25, 0.3) is 0 Å². The van der Waals surface area contributed by atoms with E-state index >= 15 is 0 Å². The molecule has 0 atom stereocenters. The van der Waals surface area contributed by atoms with E-state index in [9.17, 15) is 0 Å². The van der Waals surface area contributed by atoms with E-state index in [1.54, 1.807) is 29.3 Å². The van der Waals surface area contributed by atoms with E-state index in [0.717, 1.165) is 12.3 Å². The minimum atomic E-state index is 0.371. The predicted octanol–water partition coefficient (Wildman–Crippen LogP) is 1.27. The van der Waals surface area contributed by atoms with Crippen molar-refractivity contribution in [1.82, 2.24) is 19.7 Å². The highest BCUT2D eigenvalue weighted by molar-refractivity contribution is 5.11. The summed E-state index contributed by atoms with van der Waals surface area (Å²) in [5.74, 6) is 1.41. The van der Waals surface area contributed by atoms with Crippen LogP contribution in [0, 0.1) is 0 Å². The molecule has 0 amide bonds. The largest absolute Gasteiger partial charge is 0.482 e. The van der Waals surface area contributed by atoms with E-state index in [2.05, 4.69) is 15.1 Å². The second-order valence-corrected chi connectivity index (χ2v) is 2.99. The number of hydrogen-bond donors (Lipinski definition) is 0. The van der Waals surface area contributed by atoms with Crippen LogP contribution in [0.15, 0.2) is 30.9 Å². The van der Waals surface area contributed by atoms with Gasteiger partial charge in [-0.25, -0.2) is 9.97 Å². The number of rotatable bonds is 4. The number of ether oxygens (including phenoxy) is 1. The van der Waals surface area contributed by atoms with Gasteiger partial charge in [-0.05, 0) is 13.0 Å². The second kappa shape index (κ2) is 4.54. The van der Waals surface area contributed by atoms with Crippen LogP contribution in [0.2, 0.25) is 0 Å². The van der Waals surface area contributed by atoms with Crippen molar-refractivity contribution in [2.45, 2.75) is 20.1 Å². The molecule has 0 saturated heterocycles. The van der Waals surface area contributed by atoms with Crippen molar-refractivity contribution >= 4 is 0 Å². The monoisotopic (exact) mass is 204 g/mol. The van der Waals surface area contributed by atoms with Gasteiger partial charge in [0.25, 0.3) is 0 Å². The molecule has 2 aromatic heterocycles. The third kappa shape index (κ3) is 2.52. The van der Waals surface area contributed by atoms with E-state index in [-0.39, 0.29) is 0 Å². The first-order chi connectivity index (χ1) is 7.38. The van der Waals surface area contributed by atoms with Crippen molar-refractivity contribution < 1.29 is 4.74 Å². The Labute approximate surface area is 87.7 Å². The predicted molar refractivity (Wildman–Crippen MR) is 54.3 cm³/mol. The summed E-state index contributed by atoms with van der Waals surface area (Å²) in [7, 11) is 0. The lowest BCUT2D eigenvalue weighted by Gasteiger charge is -2.00. The first-order valence-electron chi connectivity index (χ1n) is 4.79. The minimum Gasteiger partial charge on any atom is -0.482 e. The van der Waals surface area contributed by atoms with Crippen LogP contribution in [0.4, 0.5) is 0 Å². The van der Waals surface area contributed by atoms with Gasteiger partial charge >= 0.3 is 0 Å². The third-order valence-corrected chi connectivity index (χ3v) is 1.92. The first-order valence-corrected chi connectivity index (χ1v) is 4.79. The topological polar surface area (TPSA) is 52.8 Å². The standard InChI is InChI=1S/C10H12N4O/c1-2-14-7-9(6-13-14)15-8-10-11-4-3-5-12-10/h3-7H,2,8H2,1H3. The zero-order valence-corrected chi connectivity index (χ0v) is 8.50. The molecule has 5 nitrogen and oxygen atoms in total. The van der Waals surface area contributed by atoms with Gasteiger partial charge in [0.2, 0.25) is 0 Å². The Kier molecular flexibility index (Phi) is 2.92. The van der Waals surface area contributed by atoms with E-state index in [4.69, 9.17) is 4.74 Å². The van der Waals surface area contributed by atoms with Crippen molar-refractivity contribution in [2.75, 3.05) is 0 Å². The molecule has 0 bridgehead atoms. The Hall–Kier alpha value is -1.91. The summed E-state index contributed by atoms with van der Waals surface area (Å²) >= 11 is 0. The Morgan fingerprint density at radius 1 is 1.33 bits per heavy atom. The van der Waals surface area contributed by atoms with Crippen LogP contribution in [0.1, 0.15) is 12.7 Å². The molecular formula is C10H12N4O. The summed E-state index contributed by atoms with van der Waals surface area (Å²) in [5.41, 5.74) is 0. The van der Waals surface area contributed by atoms with Crippen LogP contribution in [-0.2, 0) is 13.2 Å². The van der Waals surface area contributed by atoms with Gasteiger partial charge in [-0.15, -0.1) is 0 Å². The summed E-state index contributed by atoms with van der Waals surface area (Å²) < 4.78 is 7.27. The summed E-state index contributed by atoms with van der Waals surface area (Å²) in [6, 6.07) is 1.78. The van der Waals surface area contributed by atoms with Crippen molar-refractivity contribution in [1.29, 1.82) is 0 Å². The van der Waals surface area contributed by atoms with Gasteiger partial charge in [0.15, 0.2) is 11.6 Å². The lowest BCUT2D eigenvalue weighted by Crippen LogP contribution is -1.99. The van der Waals surface area contributed by atoms with Gasteiger partial charge in [0.1, 0.15) is 6.61 Å². The summed E-state index contributed by atoms with van der Waals surface area (Å²) in [4.78, 5) is 8.11. The zero-order valence-electron chi connectivity index (χ0n) is 8.50. The molecular weight excluding hydrogens is 192 g/mol. The van der Waals surface area contributed by atoms with Crippen LogP contribution >= 0.6 is 0 Å². The normalized spacial score (nSPS) is 10.2. The Morgan fingerprint density at radius 3 is 2.80 bits per heavy atom. The number of hydrogen-bond acceptors (Lipinski definition) is 4. The molecule has 0 aromatic carbocycles. The molecule has 2 aromatic rings. The molecule has 0 aliphatic rings.